The molecule has 3 aliphatic rings. The molecule has 2 fully saturated rings. The van der Waals surface area contributed by atoms with E-state index in [0.29, 0.717) is 25.3 Å². The smallest absolute Gasteiger partial charge is 0.208 e. The van der Waals surface area contributed by atoms with E-state index >= 15 is 0 Å². The fourth-order valence-electron chi connectivity index (χ4n) is 5.15. The molecular formula is C27H33FN2O4. The van der Waals surface area contributed by atoms with Crippen LogP contribution in [0.4, 0.5) is 4.39 Å². The van der Waals surface area contributed by atoms with Crippen LogP contribution in [0.2, 0.25) is 0 Å². The van der Waals surface area contributed by atoms with Gasteiger partial charge < -0.3 is 14.2 Å². The van der Waals surface area contributed by atoms with Crippen molar-refractivity contribution in [3.05, 3.63) is 78.1 Å². The topological polar surface area (TPSA) is 51.2 Å². The van der Waals surface area contributed by atoms with Gasteiger partial charge in [0.25, 0.3) is 0 Å². The lowest BCUT2D eigenvalue weighted by Crippen LogP contribution is -2.51. The molecule has 3 aliphatic heterocycles. The molecule has 1 spiro atoms. The molecule has 0 bridgehead atoms. The molecule has 0 saturated carbocycles. The SMILES string of the molecule is C=C.COc1ccc2c(c1)CN(CN1CCC(C(=O)c3ccc(F)cc3)CC1)CC21OCCO1. The van der Waals surface area contributed by atoms with Gasteiger partial charge in [0.1, 0.15) is 11.6 Å². The number of rotatable bonds is 5. The van der Waals surface area contributed by atoms with Crippen LogP contribution in [0.1, 0.15) is 34.3 Å². The van der Waals surface area contributed by atoms with Gasteiger partial charge >= 0.3 is 0 Å². The van der Waals surface area contributed by atoms with E-state index < -0.39 is 5.79 Å². The minimum absolute atomic E-state index is 0.00380. The van der Waals surface area contributed by atoms with Gasteiger partial charge in [-0.1, -0.05) is 0 Å². The lowest BCUT2D eigenvalue weighted by Gasteiger charge is -2.43. The van der Waals surface area contributed by atoms with Crippen LogP contribution in [0.25, 0.3) is 0 Å². The van der Waals surface area contributed by atoms with Crippen molar-refractivity contribution in [3.8, 4) is 5.75 Å². The maximum Gasteiger partial charge on any atom is 0.208 e. The van der Waals surface area contributed by atoms with Crippen LogP contribution in [0.5, 0.6) is 5.75 Å². The normalized spacial score (nSPS) is 20.4. The lowest BCUT2D eigenvalue weighted by atomic mass is 9.89. The Morgan fingerprint density at radius 1 is 1.09 bits per heavy atom. The summed E-state index contributed by atoms with van der Waals surface area (Å²) >= 11 is 0. The number of likely N-dealkylation sites (tertiary alicyclic amines) is 1. The number of carbonyl (C=O) groups is 1. The molecule has 182 valence electrons. The summed E-state index contributed by atoms with van der Waals surface area (Å²) in [5.74, 6) is -0.0771. The van der Waals surface area contributed by atoms with Crippen LogP contribution in [0.15, 0.2) is 55.6 Å². The van der Waals surface area contributed by atoms with Crippen LogP contribution in [0.3, 0.4) is 0 Å². The van der Waals surface area contributed by atoms with Crippen molar-refractivity contribution >= 4 is 5.78 Å². The van der Waals surface area contributed by atoms with E-state index in [2.05, 4.69) is 35.1 Å². The van der Waals surface area contributed by atoms with Crippen molar-refractivity contribution in [1.29, 1.82) is 0 Å². The molecule has 0 N–H and O–H groups in total. The summed E-state index contributed by atoms with van der Waals surface area (Å²) in [5, 5.41) is 0. The number of halogens is 1. The highest BCUT2D eigenvalue weighted by molar-refractivity contribution is 5.97. The standard InChI is InChI=1S/C25H29FN2O4.C2H4/c1-30-22-6-7-23-20(14-22)15-28(16-25(23)31-12-13-32-25)17-27-10-8-19(9-11-27)24(29)18-2-4-21(26)5-3-18;1-2/h2-7,14,19H,8-13,15-17H2,1H3;1-2H2. The van der Waals surface area contributed by atoms with Crippen molar-refractivity contribution in [1.82, 2.24) is 9.80 Å². The molecule has 6 nitrogen and oxygen atoms in total. The number of methoxy groups -OCH3 is 1. The molecular weight excluding hydrogens is 435 g/mol. The Morgan fingerprint density at radius 2 is 1.76 bits per heavy atom. The average Bonchev–Trinajstić information content (AvgIpc) is 3.34. The van der Waals surface area contributed by atoms with E-state index in [0.717, 1.165) is 50.5 Å². The maximum absolute atomic E-state index is 13.2. The first-order chi connectivity index (χ1) is 16.6. The van der Waals surface area contributed by atoms with Crippen molar-refractivity contribution in [2.45, 2.75) is 25.2 Å². The second kappa shape index (κ2) is 10.8. The average molecular weight is 469 g/mol. The Morgan fingerprint density at radius 3 is 2.41 bits per heavy atom. The van der Waals surface area contributed by atoms with E-state index in [1.807, 2.05) is 6.07 Å². The van der Waals surface area contributed by atoms with Gasteiger partial charge in [0.05, 0.1) is 33.5 Å². The first kappa shape index (κ1) is 24.5. The number of ketones is 1. The van der Waals surface area contributed by atoms with Crippen LogP contribution in [0, 0.1) is 11.7 Å². The highest BCUT2D eigenvalue weighted by atomic mass is 19.1. The molecule has 2 aromatic carbocycles. The number of ether oxygens (including phenoxy) is 3. The van der Waals surface area contributed by atoms with Gasteiger partial charge in [0.2, 0.25) is 5.79 Å². The van der Waals surface area contributed by atoms with Gasteiger partial charge in [-0.15, -0.1) is 13.2 Å². The van der Waals surface area contributed by atoms with Crippen molar-refractivity contribution < 1.29 is 23.4 Å². The fraction of sp³-hybridized carbons (Fsp3) is 0.444. The zero-order valence-corrected chi connectivity index (χ0v) is 19.8. The van der Waals surface area contributed by atoms with Crippen LogP contribution in [-0.4, -0.2) is 62.2 Å². The third kappa shape index (κ3) is 5.08. The number of Topliss-reactive ketones (excluding diaryl/α,β-unsaturated/α-hetero) is 1. The predicted molar refractivity (Wildman–Crippen MR) is 128 cm³/mol. The van der Waals surface area contributed by atoms with Crippen molar-refractivity contribution in [3.63, 3.8) is 0 Å². The molecule has 0 radical (unpaired) electrons. The summed E-state index contributed by atoms with van der Waals surface area (Å²) in [4.78, 5) is 17.5. The molecule has 34 heavy (non-hydrogen) atoms. The number of benzene rings is 2. The summed E-state index contributed by atoms with van der Waals surface area (Å²) in [6.07, 6.45) is 1.62. The van der Waals surface area contributed by atoms with Gasteiger partial charge in [0.15, 0.2) is 5.78 Å². The summed E-state index contributed by atoms with van der Waals surface area (Å²) < 4.78 is 30.8. The highest BCUT2D eigenvalue weighted by Crippen LogP contribution is 2.40. The molecule has 0 unspecified atom stereocenters. The first-order valence-electron chi connectivity index (χ1n) is 11.8. The third-order valence-electron chi connectivity index (χ3n) is 6.79. The van der Waals surface area contributed by atoms with E-state index in [9.17, 15) is 9.18 Å². The van der Waals surface area contributed by atoms with Gasteiger partial charge in [-0.2, -0.15) is 0 Å². The number of hydrogen-bond acceptors (Lipinski definition) is 6. The monoisotopic (exact) mass is 468 g/mol. The van der Waals surface area contributed by atoms with Crippen molar-refractivity contribution in [2.75, 3.05) is 46.6 Å². The maximum atomic E-state index is 13.2. The molecule has 2 aromatic rings. The van der Waals surface area contributed by atoms with Gasteiger partial charge in [-0.3, -0.25) is 14.6 Å². The zero-order chi connectivity index (χ0) is 24.1. The van der Waals surface area contributed by atoms with Gasteiger partial charge in [0, 0.05) is 36.7 Å². The Balaban J connectivity index is 0.00000133. The summed E-state index contributed by atoms with van der Waals surface area (Å²) in [6, 6.07) is 12.0. The molecule has 3 heterocycles. The molecule has 0 amide bonds. The molecule has 5 rings (SSSR count). The summed E-state index contributed by atoms with van der Waals surface area (Å²) in [7, 11) is 1.68. The third-order valence-corrected chi connectivity index (χ3v) is 6.79. The molecule has 0 aromatic heterocycles. The Labute approximate surface area is 200 Å². The second-order valence-electron chi connectivity index (χ2n) is 8.86. The van der Waals surface area contributed by atoms with E-state index in [4.69, 9.17) is 14.2 Å². The van der Waals surface area contributed by atoms with Crippen molar-refractivity contribution in [2.24, 2.45) is 5.92 Å². The number of nitrogens with zero attached hydrogens (tertiary/aromatic N) is 2. The highest BCUT2D eigenvalue weighted by Gasteiger charge is 2.45. The second-order valence-corrected chi connectivity index (χ2v) is 8.86. The summed E-state index contributed by atoms with van der Waals surface area (Å²) in [6.45, 7) is 11.2. The van der Waals surface area contributed by atoms with E-state index in [1.54, 1.807) is 19.2 Å². The largest absolute Gasteiger partial charge is 0.497 e. The van der Waals surface area contributed by atoms with Crippen LogP contribution < -0.4 is 4.74 Å². The molecule has 7 heteroatoms. The Bertz CT molecular complexity index is 983. The number of piperidine rings is 1. The zero-order valence-electron chi connectivity index (χ0n) is 19.8. The summed E-state index contributed by atoms with van der Waals surface area (Å²) in [5.41, 5.74) is 2.86. The quantitative estimate of drug-likeness (QED) is 0.484. The molecule has 0 aliphatic carbocycles. The number of carbonyl (C=O) groups excluding carboxylic acids is 1. The first-order valence-corrected chi connectivity index (χ1v) is 11.8. The van der Waals surface area contributed by atoms with Gasteiger partial charge in [-0.25, -0.2) is 4.39 Å². The lowest BCUT2D eigenvalue weighted by molar-refractivity contribution is -0.191. The van der Waals surface area contributed by atoms with Gasteiger partial charge in [-0.05, 0) is 60.9 Å². The number of fused-ring (bicyclic) bond motifs is 2. The van der Waals surface area contributed by atoms with Crippen LogP contribution >= 0.6 is 0 Å². The minimum Gasteiger partial charge on any atom is -0.497 e. The van der Waals surface area contributed by atoms with E-state index in [-0.39, 0.29) is 17.5 Å². The molecule has 2 saturated heterocycles. The Kier molecular flexibility index (Phi) is 7.78. The Hall–Kier alpha value is -2.58. The fourth-order valence-corrected chi connectivity index (χ4v) is 5.15. The minimum atomic E-state index is -0.712. The molecule has 0 atom stereocenters. The van der Waals surface area contributed by atoms with Crippen LogP contribution in [-0.2, 0) is 21.8 Å². The van der Waals surface area contributed by atoms with E-state index in [1.165, 1.54) is 17.7 Å². The predicted octanol–water partition coefficient (Wildman–Crippen LogP) is 4.20. The number of hydrogen-bond donors (Lipinski definition) is 0.